The van der Waals surface area contributed by atoms with E-state index >= 15 is 0 Å². The topological polar surface area (TPSA) is 110 Å². The molecule has 0 unspecified atom stereocenters. The molecule has 0 heterocycles. The third kappa shape index (κ3) is 14.4. The van der Waals surface area contributed by atoms with Gasteiger partial charge in [0, 0.05) is 5.75 Å². The number of unbranched alkanes of at least 4 members (excludes halogenated alkanes) is 1. The predicted molar refractivity (Wildman–Crippen MR) is 107 cm³/mol. The van der Waals surface area contributed by atoms with E-state index in [1.165, 1.54) is 11.8 Å². The van der Waals surface area contributed by atoms with E-state index in [9.17, 15) is 14.4 Å². The lowest BCUT2D eigenvalue weighted by Crippen LogP contribution is -2.29. The largest absolute Gasteiger partial charge is 0.481 e. The Labute approximate surface area is 167 Å². The summed E-state index contributed by atoms with van der Waals surface area (Å²) in [5.74, 6) is -0.872. The van der Waals surface area contributed by atoms with Crippen LogP contribution in [0.5, 0.6) is 0 Å². The lowest BCUT2D eigenvalue weighted by molar-refractivity contribution is -0.155. The van der Waals surface area contributed by atoms with Crippen LogP contribution in [0.2, 0.25) is 0 Å². The molecule has 0 saturated carbocycles. The maximum atomic E-state index is 11.6. The molecular weight excluding hydrogens is 372 g/mol. The van der Waals surface area contributed by atoms with Crippen LogP contribution in [0.4, 0.5) is 0 Å². The summed E-state index contributed by atoms with van der Waals surface area (Å²) in [6.07, 6.45) is 2.60. The van der Waals surface area contributed by atoms with Gasteiger partial charge in [-0.3, -0.25) is 14.4 Å². The highest BCUT2D eigenvalue weighted by Crippen LogP contribution is 2.23. The van der Waals surface area contributed by atoms with Gasteiger partial charge >= 0.3 is 17.9 Å². The maximum absolute atomic E-state index is 11.6. The summed E-state index contributed by atoms with van der Waals surface area (Å²) in [4.78, 5) is 33.1. The molecule has 0 aliphatic rings. The first-order valence-electron chi connectivity index (χ1n) is 9.19. The minimum absolute atomic E-state index is 0.0195. The van der Waals surface area contributed by atoms with Crippen LogP contribution in [0.15, 0.2) is 0 Å². The highest BCUT2D eigenvalue weighted by Gasteiger charge is 2.29. The predicted octanol–water partition coefficient (Wildman–Crippen LogP) is 3.13. The summed E-state index contributed by atoms with van der Waals surface area (Å²) in [6, 6.07) is 0. The molecule has 0 spiro atoms. The summed E-state index contributed by atoms with van der Waals surface area (Å²) >= 11 is 1.24. The molecule has 2 N–H and O–H groups in total. The average molecular weight is 409 g/mol. The van der Waals surface area contributed by atoms with Gasteiger partial charge in [-0.25, -0.2) is 0 Å². The van der Waals surface area contributed by atoms with Gasteiger partial charge in [0.2, 0.25) is 0 Å². The average Bonchev–Trinajstić information content (AvgIpc) is 2.59. The smallest absolute Gasteiger partial charge is 0.313 e. The second-order valence-corrected chi connectivity index (χ2v) is 8.34. The number of ether oxygens (including phenoxy) is 2. The zero-order chi connectivity index (χ0) is 21.5. The number of thioether (sulfide) groups is 1. The normalized spacial score (nSPS) is 11.2. The molecule has 0 rings (SSSR count). The lowest BCUT2D eigenvalue weighted by Gasteiger charge is -2.21. The Morgan fingerprint density at radius 1 is 0.926 bits per heavy atom. The Morgan fingerprint density at radius 3 is 1.89 bits per heavy atom. The van der Waals surface area contributed by atoms with Crippen molar-refractivity contribution < 1.29 is 34.1 Å². The molecule has 0 aliphatic heterocycles. The summed E-state index contributed by atoms with van der Waals surface area (Å²) < 4.78 is 9.86. The number of rotatable bonds is 12. The Bertz CT molecular complexity index is 447. The lowest BCUT2D eigenvalue weighted by atomic mass is 9.91. The minimum atomic E-state index is -0.861. The highest BCUT2D eigenvalue weighted by atomic mass is 32.2. The monoisotopic (exact) mass is 408 g/mol. The molecule has 0 radical (unpaired) electrons. The molecule has 0 aromatic rings. The molecule has 0 bridgehead atoms. The molecule has 0 amide bonds. The Balaban J connectivity index is 0. The number of esters is 2. The Hall–Kier alpha value is -1.28. The van der Waals surface area contributed by atoms with Crippen molar-refractivity contribution in [1.29, 1.82) is 0 Å². The summed E-state index contributed by atoms with van der Waals surface area (Å²) in [5, 5.41) is 16.9. The van der Waals surface area contributed by atoms with Crippen molar-refractivity contribution >= 4 is 29.7 Å². The summed E-state index contributed by atoms with van der Waals surface area (Å²) in [5.41, 5.74) is -1.04. The Morgan fingerprint density at radius 2 is 1.44 bits per heavy atom. The number of aliphatic hydroxyl groups is 1. The molecule has 0 aliphatic carbocycles. The van der Waals surface area contributed by atoms with E-state index in [1.807, 2.05) is 27.7 Å². The minimum Gasteiger partial charge on any atom is -0.481 e. The van der Waals surface area contributed by atoms with E-state index in [2.05, 4.69) is 0 Å². The van der Waals surface area contributed by atoms with Crippen LogP contribution in [0.1, 0.15) is 60.8 Å². The summed E-state index contributed by atoms with van der Waals surface area (Å²) in [6.45, 7) is 11.6. The van der Waals surface area contributed by atoms with Gasteiger partial charge in [0.05, 0.1) is 29.8 Å². The molecule has 0 aromatic carbocycles. The van der Waals surface area contributed by atoms with Crippen LogP contribution in [0.25, 0.3) is 0 Å². The standard InChI is InChI=1S/C11H20O4S.C8H16O3/c1-4-5-6-15-10(14)11(2,3)8-16-7-9(12)13;1-4-8(2,3)7(10)11-6-5-9/h4-8H2,1-3H3,(H,12,13);9H,4-6H2,1-3H3. The molecule has 160 valence electrons. The van der Waals surface area contributed by atoms with Crippen LogP contribution in [-0.2, 0) is 23.9 Å². The first-order valence-corrected chi connectivity index (χ1v) is 10.3. The van der Waals surface area contributed by atoms with E-state index in [1.54, 1.807) is 13.8 Å². The van der Waals surface area contributed by atoms with Gasteiger partial charge in [-0.15, -0.1) is 11.8 Å². The van der Waals surface area contributed by atoms with E-state index in [4.69, 9.17) is 19.7 Å². The highest BCUT2D eigenvalue weighted by molar-refractivity contribution is 7.99. The second kappa shape index (κ2) is 14.7. The van der Waals surface area contributed by atoms with E-state index in [0.29, 0.717) is 12.4 Å². The first kappa shape index (κ1) is 27.9. The molecular formula is C19H36O7S. The van der Waals surface area contributed by atoms with Crippen LogP contribution in [0.3, 0.4) is 0 Å². The van der Waals surface area contributed by atoms with Gasteiger partial charge in [-0.2, -0.15) is 0 Å². The van der Waals surface area contributed by atoms with Gasteiger partial charge in [-0.1, -0.05) is 20.3 Å². The van der Waals surface area contributed by atoms with Gasteiger partial charge in [-0.05, 0) is 40.5 Å². The van der Waals surface area contributed by atoms with E-state index in [-0.39, 0.29) is 30.9 Å². The van der Waals surface area contributed by atoms with Crippen LogP contribution in [-0.4, -0.2) is 59.4 Å². The fourth-order valence-corrected chi connectivity index (χ4v) is 2.34. The van der Waals surface area contributed by atoms with E-state index < -0.39 is 16.8 Å². The van der Waals surface area contributed by atoms with Crippen molar-refractivity contribution in [3.63, 3.8) is 0 Å². The number of aliphatic carboxylic acids is 1. The molecule has 7 nitrogen and oxygen atoms in total. The van der Waals surface area contributed by atoms with Crippen LogP contribution in [0, 0.1) is 10.8 Å². The molecule has 0 fully saturated rings. The fourth-order valence-electron chi connectivity index (χ4n) is 1.44. The van der Waals surface area contributed by atoms with Crippen LogP contribution >= 0.6 is 11.8 Å². The Kier molecular flexibility index (Phi) is 15.2. The van der Waals surface area contributed by atoms with Crippen molar-refractivity contribution in [2.75, 3.05) is 31.3 Å². The van der Waals surface area contributed by atoms with Gasteiger partial charge in [0.1, 0.15) is 6.61 Å². The number of carboxylic acids is 1. The third-order valence-electron chi connectivity index (χ3n) is 3.73. The molecule has 0 saturated heterocycles. The third-order valence-corrected chi connectivity index (χ3v) is 5.11. The molecule has 0 aromatic heterocycles. The molecule has 27 heavy (non-hydrogen) atoms. The van der Waals surface area contributed by atoms with Crippen LogP contribution < -0.4 is 0 Å². The fraction of sp³-hybridized carbons (Fsp3) is 0.842. The molecule has 0 atom stereocenters. The first-order chi connectivity index (χ1) is 12.4. The number of carbonyl (C=O) groups is 3. The SMILES string of the molecule is CCC(C)(C)C(=O)OCCO.CCCCOC(=O)C(C)(C)CSCC(=O)O. The van der Waals surface area contributed by atoms with Crippen molar-refractivity contribution in [2.45, 2.75) is 60.8 Å². The molecule has 8 heteroatoms. The maximum Gasteiger partial charge on any atom is 0.313 e. The number of carbonyl (C=O) groups excluding carboxylic acids is 2. The number of carboxylic acid groups (broad SMARTS) is 1. The number of aliphatic hydroxyl groups excluding tert-OH is 1. The van der Waals surface area contributed by atoms with Gasteiger partial charge in [0.25, 0.3) is 0 Å². The zero-order valence-electron chi connectivity index (χ0n) is 17.5. The second-order valence-electron chi connectivity index (χ2n) is 7.36. The quantitative estimate of drug-likeness (QED) is 0.374. The zero-order valence-corrected chi connectivity index (χ0v) is 18.3. The number of hydrogen-bond donors (Lipinski definition) is 2. The van der Waals surface area contributed by atoms with Crippen molar-refractivity contribution in [3.05, 3.63) is 0 Å². The van der Waals surface area contributed by atoms with Crippen molar-refractivity contribution in [1.82, 2.24) is 0 Å². The summed E-state index contributed by atoms with van der Waals surface area (Å²) in [7, 11) is 0. The van der Waals surface area contributed by atoms with Crippen molar-refractivity contribution in [2.24, 2.45) is 10.8 Å². The van der Waals surface area contributed by atoms with E-state index in [0.717, 1.165) is 19.3 Å². The van der Waals surface area contributed by atoms with Crippen molar-refractivity contribution in [3.8, 4) is 0 Å². The van der Waals surface area contributed by atoms with Gasteiger partial charge < -0.3 is 19.7 Å². The number of hydrogen-bond acceptors (Lipinski definition) is 7. The van der Waals surface area contributed by atoms with Gasteiger partial charge in [0.15, 0.2) is 0 Å².